The van der Waals surface area contributed by atoms with Crippen LogP contribution in [0.4, 0.5) is 21.0 Å². The Morgan fingerprint density at radius 3 is 2.74 bits per heavy atom. The lowest BCUT2D eigenvalue weighted by molar-refractivity contribution is 0.181. The molecule has 0 radical (unpaired) electrons. The van der Waals surface area contributed by atoms with E-state index in [4.69, 9.17) is 4.74 Å². The lowest BCUT2D eigenvalue weighted by atomic mass is 10.2. The lowest BCUT2D eigenvalue weighted by Gasteiger charge is -2.13. The van der Waals surface area contributed by atoms with E-state index in [1.807, 2.05) is 17.5 Å². The number of thiophene rings is 1. The van der Waals surface area contributed by atoms with Crippen LogP contribution in [0.2, 0.25) is 0 Å². The van der Waals surface area contributed by atoms with Crippen molar-refractivity contribution >= 4 is 34.8 Å². The van der Waals surface area contributed by atoms with Crippen LogP contribution in [0.25, 0.3) is 0 Å². The molecule has 1 fully saturated rings. The van der Waals surface area contributed by atoms with Crippen LogP contribution in [0.1, 0.15) is 4.88 Å². The summed E-state index contributed by atoms with van der Waals surface area (Å²) in [6.45, 7) is 1.55. The van der Waals surface area contributed by atoms with Gasteiger partial charge in [0.2, 0.25) is 0 Å². The van der Waals surface area contributed by atoms with Crippen molar-refractivity contribution in [1.82, 2.24) is 5.32 Å². The molecule has 2 heterocycles. The molecule has 2 aromatic rings. The number of cyclic esters (lactones) is 1. The Hall–Kier alpha value is -2.54. The number of carbonyl (C=O) groups excluding carboxylic acids is 2. The van der Waals surface area contributed by atoms with Gasteiger partial charge in [0.25, 0.3) is 0 Å². The van der Waals surface area contributed by atoms with Crippen LogP contribution >= 0.6 is 11.3 Å². The van der Waals surface area contributed by atoms with Gasteiger partial charge in [-0.25, -0.2) is 9.59 Å². The van der Waals surface area contributed by atoms with Crippen LogP contribution in [0, 0.1) is 0 Å². The average Bonchev–Trinajstić information content (AvgIpc) is 3.20. The molecule has 6 nitrogen and oxygen atoms in total. The lowest BCUT2D eigenvalue weighted by Crippen LogP contribution is -2.30. The molecule has 1 aromatic heterocycles. The molecule has 120 valence electrons. The Morgan fingerprint density at radius 1 is 1.26 bits per heavy atom. The minimum atomic E-state index is -0.336. The smallest absolute Gasteiger partial charge is 0.414 e. The van der Waals surface area contributed by atoms with Gasteiger partial charge in [-0.2, -0.15) is 0 Å². The third-order valence-electron chi connectivity index (χ3n) is 3.43. The average molecular weight is 331 g/mol. The fourth-order valence-corrected chi connectivity index (χ4v) is 2.99. The molecule has 0 saturated carbocycles. The fourth-order valence-electron chi connectivity index (χ4n) is 2.28. The second-order valence-corrected chi connectivity index (χ2v) is 6.06. The number of hydrogen-bond acceptors (Lipinski definition) is 4. The Labute approximate surface area is 138 Å². The zero-order valence-electron chi connectivity index (χ0n) is 12.5. The number of rotatable bonds is 5. The number of nitrogens with zero attached hydrogens (tertiary/aromatic N) is 1. The van der Waals surface area contributed by atoms with Gasteiger partial charge in [-0.15, -0.1) is 11.3 Å². The highest BCUT2D eigenvalue weighted by Gasteiger charge is 2.23. The first-order valence-corrected chi connectivity index (χ1v) is 8.22. The van der Waals surface area contributed by atoms with Crippen molar-refractivity contribution in [3.63, 3.8) is 0 Å². The van der Waals surface area contributed by atoms with Crippen molar-refractivity contribution in [2.24, 2.45) is 0 Å². The van der Waals surface area contributed by atoms with E-state index in [-0.39, 0.29) is 12.1 Å². The monoisotopic (exact) mass is 331 g/mol. The summed E-state index contributed by atoms with van der Waals surface area (Å²) in [4.78, 5) is 26.1. The molecule has 1 saturated heterocycles. The first-order valence-electron chi connectivity index (χ1n) is 7.34. The summed E-state index contributed by atoms with van der Waals surface area (Å²) in [6.07, 6.45) is 0.484. The minimum Gasteiger partial charge on any atom is -0.447 e. The van der Waals surface area contributed by atoms with Gasteiger partial charge in [0.1, 0.15) is 6.61 Å². The van der Waals surface area contributed by atoms with Crippen molar-refractivity contribution in [3.05, 3.63) is 46.7 Å². The van der Waals surface area contributed by atoms with E-state index in [9.17, 15) is 9.59 Å². The molecule has 0 atom stereocenters. The number of amides is 3. The van der Waals surface area contributed by atoms with Crippen LogP contribution in [-0.2, 0) is 11.2 Å². The summed E-state index contributed by atoms with van der Waals surface area (Å²) < 4.78 is 4.90. The molecule has 0 spiro atoms. The quantitative estimate of drug-likeness (QED) is 0.884. The molecule has 1 aliphatic rings. The summed E-state index contributed by atoms with van der Waals surface area (Å²) in [6, 6.07) is 10.9. The normalized spacial score (nSPS) is 13.7. The summed E-state index contributed by atoms with van der Waals surface area (Å²) in [7, 11) is 0. The molecule has 0 unspecified atom stereocenters. The predicted octanol–water partition coefficient (Wildman–Crippen LogP) is 3.07. The van der Waals surface area contributed by atoms with Gasteiger partial charge in [-0.1, -0.05) is 6.07 Å². The highest BCUT2D eigenvalue weighted by molar-refractivity contribution is 7.09. The SMILES string of the molecule is O=C(NCCc1cccs1)Nc1ccc(N2CCOC2=O)cc1. The number of ether oxygens (including phenoxy) is 1. The van der Waals surface area contributed by atoms with Crippen molar-refractivity contribution in [3.8, 4) is 0 Å². The maximum absolute atomic E-state index is 11.8. The van der Waals surface area contributed by atoms with Crippen LogP contribution < -0.4 is 15.5 Å². The zero-order chi connectivity index (χ0) is 16.1. The maximum Gasteiger partial charge on any atom is 0.414 e. The number of nitrogens with one attached hydrogen (secondary N) is 2. The summed E-state index contributed by atoms with van der Waals surface area (Å²) in [5, 5.41) is 7.61. The fraction of sp³-hybridized carbons (Fsp3) is 0.250. The number of urea groups is 1. The Morgan fingerprint density at radius 2 is 2.09 bits per heavy atom. The minimum absolute atomic E-state index is 0.241. The zero-order valence-corrected chi connectivity index (χ0v) is 13.3. The van der Waals surface area contributed by atoms with Gasteiger partial charge in [0.15, 0.2) is 0 Å². The van der Waals surface area contributed by atoms with E-state index in [0.717, 1.165) is 12.1 Å². The molecule has 0 bridgehead atoms. The third-order valence-corrected chi connectivity index (χ3v) is 4.37. The van der Waals surface area contributed by atoms with Crippen LogP contribution in [-0.4, -0.2) is 31.8 Å². The first-order chi connectivity index (χ1) is 11.2. The Balaban J connectivity index is 1.47. The van der Waals surface area contributed by atoms with Crippen LogP contribution in [0.5, 0.6) is 0 Å². The summed E-state index contributed by atoms with van der Waals surface area (Å²) in [5.74, 6) is 0. The molecular formula is C16H17N3O3S. The van der Waals surface area contributed by atoms with Gasteiger partial charge < -0.3 is 15.4 Å². The first kappa shape index (κ1) is 15.4. The summed E-state index contributed by atoms with van der Waals surface area (Å²) >= 11 is 1.68. The number of benzene rings is 1. The Bertz CT molecular complexity index is 670. The predicted molar refractivity (Wildman–Crippen MR) is 90.2 cm³/mol. The van der Waals surface area contributed by atoms with Crippen molar-refractivity contribution in [2.45, 2.75) is 6.42 Å². The molecule has 0 aliphatic carbocycles. The topological polar surface area (TPSA) is 70.7 Å². The van der Waals surface area contributed by atoms with E-state index < -0.39 is 0 Å². The molecule has 7 heteroatoms. The molecular weight excluding hydrogens is 314 g/mol. The van der Waals surface area contributed by atoms with Gasteiger partial charge in [-0.3, -0.25) is 4.90 Å². The van der Waals surface area contributed by atoms with Crippen LogP contribution in [0.15, 0.2) is 41.8 Å². The van der Waals surface area contributed by atoms with E-state index in [1.165, 1.54) is 4.88 Å². The van der Waals surface area contributed by atoms with E-state index in [2.05, 4.69) is 10.6 Å². The molecule has 2 N–H and O–H groups in total. The van der Waals surface area contributed by atoms with E-state index >= 15 is 0 Å². The molecule has 23 heavy (non-hydrogen) atoms. The summed E-state index contributed by atoms with van der Waals surface area (Å²) in [5.41, 5.74) is 1.44. The number of carbonyl (C=O) groups is 2. The van der Waals surface area contributed by atoms with Crippen LogP contribution in [0.3, 0.4) is 0 Å². The number of hydrogen-bond donors (Lipinski definition) is 2. The highest BCUT2D eigenvalue weighted by atomic mass is 32.1. The maximum atomic E-state index is 11.8. The van der Waals surface area contributed by atoms with E-state index in [0.29, 0.717) is 25.4 Å². The highest BCUT2D eigenvalue weighted by Crippen LogP contribution is 2.20. The largest absolute Gasteiger partial charge is 0.447 e. The van der Waals surface area contributed by atoms with Gasteiger partial charge in [0.05, 0.1) is 6.54 Å². The molecule has 3 amide bonds. The van der Waals surface area contributed by atoms with E-state index in [1.54, 1.807) is 40.5 Å². The molecule has 1 aliphatic heterocycles. The van der Waals surface area contributed by atoms with Gasteiger partial charge >= 0.3 is 12.1 Å². The second kappa shape index (κ2) is 7.15. The molecule has 1 aromatic carbocycles. The van der Waals surface area contributed by atoms with Gasteiger partial charge in [0, 0.05) is 22.8 Å². The Kier molecular flexibility index (Phi) is 4.77. The van der Waals surface area contributed by atoms with Crippen molar-refractivity contribution < 1.29 is 14.3 Å². The second-order valence-electron chi connectivity index (χ2n) is 5.02. The number of anilines is 2. The third kappa shape index (κ3) is 4.01. The standard InChI is InChI=1S/C16H17N3O3S/c20-15(17-8-7-14-2-1-11-23-14)18-12-3-5-13(6-4-12)19-9-10-22-16(19)21/h1-6,11H,7-10H2,(H2,17,18,20). The van der Waals surface area contributed by atoms with Gasteiger partial charge in [-0.05, 0) is 42.1 Å². The van der Waals surface area contributed by atoms with Crippen molar-refractivity contribution in [2.75, 3.05) is 29.9 Å². The molecule has 3 rings (SSSR count). The van der Waals surface area contributed by atoms with Crippen molar-refractivity contribution in [1.29, 1.82) is 0 Å².